The van der Waals surface area contributed by atoms with Crippen LogP contribution in [0.1, 0.15) is 28.5 Å². The maximum Gasteiger partial charge on any atom is 0.387 e. The van der Waals surface area contributed by atoms with Crippen molar-refractivity contribution in [3.63, 3.8) is 0 Å². The quantitative estimate of drug-likeness (QED) is 0.296. The van der Waals surface area contributed by atoms with Gasteiger partial charge >= 0.3 is 6.61 Å². The van der Waals surface area contributed by atoms with E-state index in [1.165, 1.54) is 12.1 Å². The molecule has 0 radical (unpaired) electrons. The molecule has 0 bridgehead atoms. The second-order valence-electron chi connectivity index (χ2n) is 7.51. The minimum atomic E-state index is -2.93. The van der Waals surface area contributed by atoms with E-state index in [2.05, 4.69) is 25.3 Å². The van der Waals surface area contributed by atoms with Gasteiger partial charge in [-0.3, -0.25) is 9.48 Å². The van der Waals surface area contributed by atoms with Crippen LogP contribution in [0.4, 0.5) is 8.78 Å². The van der Waals surface area contributed by atoms with Gasteiger partial charge in [0, 0.05) is 23.2 Å². The van der Waals surface area contributed by atoms with E-state index in [4.69, 9.17) is 11.6 Å². The van der Waals surface area contributed by atoms with Crippen molar-refractivity contribution >= 4 is 34.3 Å². The average molecular weight is 484 g/mol. The number of fused-ring (bicyclic) bond motifs is 1. The first kappa shape index (κ1) is 23.3. The molecule has 4 aromatic rings. The normalized spacial score (nSPS) is 11.8. The SMILES string of the molecule is C/C(=N\NC(=O)c1cc(-c2ccc(Cl)cc2)nc2c1c(C)nn2C)c1cccc(OC(F)F)c1. The minimum absolute atomic E-state index is 0.00260. The number of carbonyl (C=O) groups is 1. The van der Waals surface area contributed by atoms with E-state index in [1.54, 1.807) is 55.9 Å². The number of rotatable bonds is 6. The summed E-state index contributed by atoms with van der Waals surface area (Å²) < 4.78 is 31.0. The number of aryl methyl sites for hydroxylation is 2. The molecular formula is C24H20ClF2N5O2. The van der Waals surface area contributed by atoms with Crippen LogP contribution in [-0.2, 0) is 7.05 Å². The lowest BCUT2D eigenvalue weighted by Gasteiger charge is -2.09. The number of amides is 1. The molecule has 0 aliphatic carbocycles. The summed E-state index contributed by atoms with van der Waals surface area (Å²) in [6, 6.07) is 14.9. The number of halogens is 3. The van der Waals surface area contributed by atoms with Crippen LogP contribution in [0.3, 0.4) is 0 Å². The van der Waals surface area contributed by atoms with Crippen molar-refractivity contribution in [2.75, 3.05) is 0 Å². The summed E-state index contributed by atoms with van der Waals surface area (Å²) in [5.74, 6) is -0.458. The minimum Gasteiger partial charge on any atom is -0.435 e. The van der Waals surface area contributed by atoms with Gasteiger partial charge in [0.1, 0.15) is 5.75 Å². The Morgan fingerprint density at radius 2 is 1.91 bits per heavy atom. The number of hydrazone groups is 1. The Morgan fingerprint density at radius 3 is 2.62 bits per heavy atom. The van der Waals surface area contributed by atoms with E-state index in [0.29, 0.717) is 44.3 Å². The van der Waals surface area contributed by atoms with E-state index < -0.39 is 12.5 Å². The molecule has 4 rings (SSSR count). The molecule has 34 heavy (non-hydrogen) atoms. The first-order valence-electron chi connectivity index (χ1n) is 10.2. The predicted octanol–water partition coefficient (Wildman–Crippen LogP) is 5.35. The number of hydrogen-bond donors (Lipinski definition) is 1. The molecular weight excluding hydrogens is 464 g/mol. The Labute approximate surface area is 199 Å². The summed E-state index contributed by atoms with van der Waals surface area (Å²) >= 11 is 6.00. The second kappa shape index (κ2) is 9.56. The first-order chi connectivity index (χ1) is 16.2. The molecule has 2 heterocycles. The molecule has 2 aromatic carbocycles. The van der Waals surface area contributed by atoms with Crippen molar-refractivity contribution < 1.29 is 18.3 Å². The molecule has 0 saturated heterocycles. The Kier molecular flexibility index (Phi) is 6.56. The summed E-state index contributed by atoms with van der Waals surface area (Å²) in [6.07, 6.45) is 0. The van der Waals surface area contributed by atoms with Crippen molar-refractivity contribution in [2.45, 2.75) is 20.5 Å². The summed E-state index contributed by atoms with van der Waals surface area (Å²) in [5, 5.41) is 9.76. The summed E-state index contributed by atoms with van der Waals surface area (Å²) in [5.41, 5.74) is 6.41. The van der Waals surface area contributed by atoms with Crippen LogP contribution in [0.25, 0.3) is 22.3 Å². The van der Waals surface area contributed by atoms with Crippen molar-refractivity contribution in [1.82, 2.24) is 20.2 Å². The van der Waals surface area contributed by atoms with E-state index in [0.717, 1.165) is 5.56 Å². The van der Waals surface area contributed by atoms with Gasteiger partial charge in [0.25, 0.3) is 5.91 Å². The van der Waals surface area contributed by atoms with Crippen molar-refractivity contribution in [3.05, 3.63) is 76.4 Å². The van der Waals surface area contributed by atoms with Crippen LogP contribution in [-0.4, -0.2) is 33.0 Å². The predicted molar refractivity (Wildman–Crippen MR) is 126 cm³/mol. The molecule has 0 fully saturated rings. The molecule has 1 N–H and O–H groups in total. The monoisotopic (exact) mass is 483 g/mol. The highest BCUT2D eigenvalue weighted by Gasteiger charge is 2.19. The number of hydrogen-bond acceptors (Lipinski definition) is 5. The third-order valence-corrected chi connectivity index (χ3v) is 5.41. The molecule has 7 nitrogen and oxygen atoms in total. The van der Waals surface area contributed by atoms with Crippen molar-refractivity contribution in [2.24, 2.45) is 12.1 Å². The molecule has 0 unspecified atom stereocenters. The topological polar surface area (TPSA) is 81.4 Å². The van der Waals surface area contributed by atoms with E-state index in [-0.39, 0.29) is 5.75 Å². The smallest absolute Gasteiger partial charge is 0.387 e. The fourth-order valence-corrected chi connectivity index (χ4v) is 3.68. The highest BCUT2D eigenvalue weighted by atomic mass is 35.5. The summed E-state index contributed by atoms with van der Waals surface area (Å²) in [6.45, 7) is 0.517. The fraction of sp³-hybridized carbons (Fsp3) is 0.167. The lowest BCUT2D eigenvalue weighted by atomic mass is 10.1. The van der Waals surface area contributed by atoms with Gasteiger partial charge in [0.2, 0.25) is 0 Å². The van der Waals surface area contributed by atoms with Gasteiger partial charge in [-0.15, -0.1) is 0 Å². The molecule has 1 amide bonds. The molecule has 10 heteroatoms. The molecule has 0 aliphatic rings. The number of ether oxygens (including phenoxy) is 1. The van der Waals surface area contributed by atoms with Crippen molar-refractivity contribution in [3.8, 4) is 17.0 Å². The number of carbonyl (C=O) groups excluding carboxylic acids is 1. The highest BCUT2D eigenvalue weighted by Crippen LogP contribution is 2.27. The molecule has 0 aliphatic heterocycles. The van der Waals surface area contributed by atoms with Crippen LogP contribution < -0.4 is 10.2 Å². The Bertz CT molecular complexity index is 1400. The molecule has 2 aromatic heterocycles. The van der Waals surface area contributed by atoms with Gasteiger partial charge in [-0.25, -0.2) is 10.4 Å². The number of nitrogens with one attached hydrogen (secondary N) is 1. The second-order valence-corrected chi connectivity index (χ2v) is 7.95. The lowest BCUT2D eigenvalue weighted by molar-refractivity contribution is -0.0498. The van der Waals surface area contributed by atoms with E-state index >= 15 is 0 Å². The fourth-order valence-electron chi connectivity index (χ4n) is 3.55. The zero-order valence-electron chi connectivity index (χ0n) is 18.5. The standard InChI is InChI=1S/C24H20ClF2N5O2/c1-13(16-5-4-6-18(11-16)34-24(26)27)29-30-23(33)19-12-20(15-7-9-17(25)10-8-15)28-22-21(19)14(2)31-32(22)3/h4-12,24H,1-3H3,(H,30,33)/b29-13+. The van der Waals surface area contributed by atoms with Gasteiger partial charge in [-0.05, 0) is 44.2 Å². The Balaban J connectivity index is 1.69. The van der Waals surface area contributed by atoms with Gasteiger partial charge in [0.15, 0.2) is 5.65 Å². The number of pyridine rings is 1. The Morgan fingerprint density at radius 1 is 1.18 bits per heavy atom. The van der Waals surface area contributed by atoms with Crippen LogP contribution >= 0.6 is 11.6 Å². The van der Waals surface area contributed by atoms with Crippen molar-refractivity contribution in [1.29, 1.82) is 0 Å². The number of aromatic nitrogens is 3. The average Bonchev–Trinajstić information content (AvgIpc) is 3.10. The number of benzene rings is 2. The van der Waals surface area contributed by atoms with Crippen LogP contribution in [0, 0.1) is 6.92 Å². The van der Waals surface area contributed by atoms with Crippen LogP contribution in [0.5, 0.6) is 5.75 Å². The molecule has 0 saturated carbocycles. The van der Waals surface area contributed by atoms with Crippen LogP contribution in [0.2, 0.25) is 5.02 Å². The van der Waals surface area contributed by atoms with Gasteiger partial charge in [-0.2, -0.15) is 19.0 Å². The van der Waals surface area contributed by atoms with Gasteiger partial charge in [-0.1, -0.05) is 35.9 Å². The zero-order valence-corrected chi connectivity index (χ0v) is 19.3. The van der Waals surface area contributed by atoms with Crippen LogP contribution in [0.15, 0.2) is 59.7 Å². The molecule has 0 atom stereocenters. The lowest BCUT2D eigenvalue weighted by Crippen LogP contribution is -2.20. The molecule has 0 spiro atoms. The Hall–Kier alpha value is -3.85. The zero-order chi connectivity index (χ0) is 24.4. The first-order valence-corrected chi connectivity index (χ1v) is 10.6. The highest BCUT2D eigenvalue weighted by molar-refractivity contribution is 6.30. The number of nitrogens with zero attached hydrogens (tertiary/aromatic N) is 4. The summed E-state index contributed by atoms with van der Waals surface area (Å²) in [4.78, 5) is 17.9. The van der Waals surface area contributed by atoms with Gasteiger partial charge in [0.05, 0.1) is 28.0 Å². The molecule has 174 valence electrons. The third kappa shape index (κ3) is 4.89. The maximum atomic E-state index is 13.2. The maximum absolute atomic E-state index is 13.2. The van der Waals surface area contributed by atoms with Gasteiger partial charge < -0.3 is 4.74 Å². The largest absolute Gasteiger partial charge is 0.435 e. The van der Waals surface area contributed by atoms with E-state index in [1.807, 2.05) is 12.1 Å². The van der Waals surface area contributed by atoms with E-state index in [9.17, 15) is 13.6 Å². The summed E-state index contributed by atoms with van der Waals surface area (Å²) in [7, 11) is 1.76. The third-order valence-electron chi connectivity index (χ3n) is 5.16. The number of alkyl halides is 2.